The van der Waals surface area contributed by atoms with Crippen LogP contribution >= 0.6 is 23.2 Å². The predicted octanol–water partition coefficient (Wildman–Crippen LogP) is 6.31. The maximum absolute atomic E-state index is 15.0. The molecule has 0 bridgehead atoms. The van der Waals surface area contributed by atoms with Crippen LogP contribution in [-0.4, -0.2) is 34.0 Å². The fourth-order valence-corrected chi connectivity index (χ4v) is 6.39. The number of Topliss-reactive ketones (excluding diaryl/α,β-unsaturated/α-hetero) is 2. The Morgan fingerprint density at radius 2 is 1.34 bits per heavy atom. The molecule has 1 unspecified atom stereocenters. The third kappa shape index (κ3) is 3.95. The maximum Gasteiger partial charge on any atom is 0.300 e. The van der Waals surface area contributed by atoms with Gasteiger partial charge in [-0.25, -0.2) is 0 Å². The molecule has 0 aromatic heterocycles. The molecule has 0 saturated carbocycles. The minimum Gasteiger partial charge on any atom is -0.507 e. The Labute approximate surface area is 246 Å². The Morgan fingerprint density at radius 3 is 1.93 bits per heavy atom. The fourth-order valence-electron chi connectivity index (χ4n) is 6.14. The van der Waals surface area contributed by atoms with Crippen LogP contribution in [0, 0.1) is 5.41 Å². The molecule has 41 heavy (non-hydrogen) atoms. The number of ketones is 2. The zero-order valence-electron chi connectivity index (χ0n) is 22.2. The van der Waals surface area contributed by atoms with Gasteiger partial charge in [0.2, 0.25) is 0 Å². The van der Waals surface area contributed by atoms with Gasteiger partial charge in [-0.1, -0.05) is 67.4 Å². The molecule has 7 nitrogen and oxygen atoms in total. The summed E-state index contributed by atoms with van der Waals surface area (Å²) < 4.78 is 0. The normalized spacial score (nSPS) is 23.1. The van der Waals surface area contributed by atoms with Crippen molar-refractivity contribution in [1.82, 2.24) is 0 Å². The summed E-state index contributed by atoms with van der Waals surface area (Å²) in [5.74, 6) is -3.77. The number of benzene rings is 3. The van der Waals surface area contributed by atoms with Gasteiger partial charge in [-0.05, 0) is 60.4 Å². The highest BCUT2D eigenvalue weighted by Crippen LogP contribution is 2.56. The first kappa shape index (κ1) is 27.0. The molecule has 2 aliphatic heterocycles. The lowest BCUT2D eigenvalue weighted by Crippen LogP contribution is -2.56. The third-order valence-corrected chi connectivity index (χ3v) is 8.28. The molecule has 6 rings (SSSR count). The van der Waals surface area contributed by atoms with Crippen LogP contribution < -0.4 is 9.80 Å². The summed E-state index contributed by atoms with van der Waals surface area (Å²) in [5.41, 5.74) is -2.02. The van der Waals surface area contributed by atoms with Crippen molar-refractivity contribution in [2.45, 2.75) is 32.2 Å². The number of aliphatic hydroxyl groups is 1. The van der Waals surface area contributed by atoms with E-state index in [0.717, 1.165) is 4.90 Å². The summed E-state index contributed by atoms with van der Waals surface area (Å²) in [5, 5.41) is 12.5. The Kier molecular flexibility index (Phi) is 6.21. The fraction of sp³-hybridized carbons (Fsp3) is 0.188. The Hall–Kier alpha value is -4.20. The average Bonchev–Trinajstić information content (AvgIpc) is 3.31. The van der Waals surface area contributed by atoms with Gasteiger partial charge in [0, 0.05) is 39.1 Å². The van der Waals surface area contributed by atoms with E-state index in [4.69, 9.17) is 23.2 Å². The number of carbonyl (C=O) groups is 4. The van der Waals surface area contributed by atoms with E-state index in [1.165, 1.54) is 29.2 Å². The van der Waals surface area contributed by atoms with Crippen molar-refractivity contribution in [1.29, 1.82) is 0 Å². The first-order valence-electron chi connectivity index (χ1n) is 13.0. The van der Waals surface area contributed by atoms with Crippen LogP contribution in [0.25, 0.3) is 5.76 Å². The topological polar surface area (TPSA) is 95.0 Å². The van der Waals surface area contributed by atoms with Crippen LogP contribution in [-0.2, 0) is 19.2 Å². The van der Waals surface area contributed by atoms with E-state index in [0.29, 0.717) is 27.9 Å². The molecular formula is C32H24Cl2N2O5. The van der Waals surface area contributed by atoms with Crippen molar-refractivity contribution < 1.29 is 24.3 Å². The molecular weight excluding hydrogens is 563 g/mol. The lowest BCUT2D eigenvalue weighted by molar-refractivity contribution is -0.132. The molecule has 2 heterocycles. The molecule has 3 aromatic rings. The summed E-state index contributed by atoms with van der Waals surface area (Å²) in [6.45, 7) is 3.84. The number of allylic oxidation sites excluding steroid dienone is 1. The highest BCUT2D eigenvalue weighted by molar-refractivity contribution is 6.56. The number of anilines is 2. The summed E-state index contributed by atoms with van der Waals surface area (Å²) in [4.78, 5) is 59.4. The number of fused-ring (bicyclic) bond motifs is 1. The van der Waals surface area contributed by atoms with Gasteiger partial charge in [0.15, 0.2) is 11.3 Å². The zero-order chi connectivity index (χ0) is 29.3. The van der Waals surface area contributed by atoms with Gasteiger partial charge < -0.3 is 5.11 Å². The Balaban J connectivity index is 1.74. The zero-order valence-corrected chi connectivity index (χ0v) is 23.7. The van der Waals surface area contributed by atoms with E-state index in [1.807, 2.05) is 13.8 Å². The van der Waals surface area contributed by atoms with E-state index in [2.05, 4.69) is 0 Å². The number of rotatable bonds is 3. The van der Waals surface area contributed by atoms with Crippen molar-refractivity contribution in [2.75, 3.05) is 9.80 Å². The number of halogens is 2. The lowest BCUT2D eigenvalue weighted by atomic mass is 9.70. The monoisotopic (exact) mass is 586 g/mol. The molecule has 0 radical (unpaired) electrons. The summed E-state index contributed by atoms with van der Waals surface area (Å²) in [6.07, 6.45) is 0.381. The predicted molar refractivity (Wildman–Crippen MR) is 157 cm³/mol. The summed E-state index contributed by atoms with van der Waals surface area (Å²) in [6, 6.07) is 20.8. The first-order chi connectivity index (χ1) is 19.5. The second-order valence-corrected chi connectivity index (χ2v) is 12.0. The molecule has 9 heteroatoms. The van der Waals surface area contributed by atoms with Gasteiger partial charge in [0.25, 0.3) is 11.7 Å². The van der Waals surface area contributed by atoms with Gasteiger partial charge >= 0.3 is 5.91 Å². The second-order valence-electron chi connectivity index (χ2n) is 11.1. The molecule has 1 fully saturated rings. The minimum absolute atomic E-state index is 0.00315. The van der Waals surface area contributed by atoms with Gasteiger partial charge in [-0.2, -0.15) is 0 Å². The number of hydrogen-bond donors (Lipinski definition) is 1. The van der Waals surface area contributed by atoms with E-state index < -0.39 is 39.9 Å². The van der Waals surface area contributed by atoms with Gasteiger partial charge in [0.1, 0.15) is 5.76 Å². The average molecular weight is 587 g/mol. The molecule has 3 aromatic carbocycles. The van der Waals surface area contributed by atoms with Crippen LogP contribution in [0.1, 0.15) is 32.3 Å². The van der Waals surface area contributed by atoms with Crippen molar-refractivity contribution in [3.63, 3.8) is 0 Å². The van der Waals surface area contributed by atoms with Crippen molar-refractivity contribution in [2.24, 2.45) is 5.41 Å². The molecule has 206 valence electrons. The summed E-state index contributed by atoms with van der Waals surface area (Å²) >= 11 is 12.3. The Morgan fingerprint density at radius 1 is 0.780 bits per heavy atom. The highest BCUT2D eigenvalue weighted by atomic mass is 35.5. The molecule has 3 aliphatic rings. The van der Waals surface area contributed by atoms with Gasteiger partial charge in [-0.3, -0.25) is 29.0 Å². The van der Waals surface area contributed by atoms with Crippen LogP contribution in [0.3, 0.4) is 0 Å². The number of hydrogen-bond acceptors (Lipinski definition) is 5. The lowest BCUT2D eigenvalue weighted by Gasteiger charge is -2.37. The SMILES string of the molecule is CC1(C)CC(=O)C2=C(C1)N(c1ccc(Cl)cc1)C(=O)C21/C(=C(\O)c2ccccc2)C(=O)C(=O)N1c1ccc(Cl)cc1. The van der Waals surface area contributed by atoms with Gasteiger partial charge in [-0.15, -0.1) is 0 Å². The van der Waals surface area contributed by atoms with Crippen molar-refractivity contribution in [3.8, 4) is 0 Å². The third-order valence-electron chi connectivity index (χ3n) is 7.77. The smallest absolute Gasteiger partial charge is 0.300 e. The van der Waals surface area contributed by atoms with E-state index in [-0.39, 0.29) is 29.0 Å². The van der Waals surface area contributed by atoms with E-state index >= 15 is 4.79 Å². The van der Waals surface area contributed by atoms with E-state index in [9.17, 15) is 19.5 Å². The number of aliphatic hydroxyl groups excluding tert-OH is 1. The van der Waals surface area contributed by atoms with Crippen LogP contribution in [0.4, 0.5) is 11.4 Å². The minimum atomic E-state index is -2.25. The van der Waals surface area contributed by atoms with Crippen LogP contribution in [0.5, 0.6) is 0 Å². The second kappa shape index (κ2) is 9.43. The quantitative estimate of drug-likeness (QED) is 0.220. The molecule has 2 amide bonds. The highest BCUT2D eigenvalue weighted by Gasteiger charge is 2.71. The Bertz CT molecular complexity index is 1710. The molecule has 1 spiro atoms. The first-order valence-corrected chi connectivity index (χ1v) is 13.7. The number of carbonyl (C=O) groups excluding carboxylic acids is 4. The number of amides is 2. The van der Waals surface area contributed by atoms with Crippen molar-refractivity contribution >= 4 is 63.7 Å². The van der Waals surface area contributed by atoms with Crippen LogP contribution in [0.15, 0.2) is 95.7 Å². The van der Waals surface area contributed by atoms with Gasteiger partial charge in [0.05, 0.1) is 11.1 Å². The standard InChI is InChI=1S/C32H24Cl2N2O5/c1-31(2)16-23-25(24(37)17-31)32(30(41)35(23)21-12-8-19(33)9-13-21)26(27(38)18-6-4-3-5-7-18)28(39)29(40)36(32)22-14-10-20(34)11-15-22/h3-15,38H,16-17H2,1-2H3/b27-26-. The number of nitrogens with zero attached hydrogens (tertiary/aromatic N) is 2. The molecule has 1 saturated heterocycles. The summed E-state index contributed by atoms with van der Waals surface area (Å²) in [7, 11) is 0. The maximum atomic E-state index is 15.0. The molecule has 1 aliphatic carbocycles. The van der Waals surface area contributed by atoms with Crippen molar-refractivity contribution in [3.05, 3.63) is 111 Å². The molecule has 1 atom stereocenters. The van der Waals surface area contributed by atoms with Crippen LogP contribution in [0.2, 0.25) is 10.0 Å². The van der Waals surface area contributed by atoms with E-state index in [1.54, 1.807) is 54.6 Å². The largest absolute Gasteiger partial charge is 0.507 e. The molecule has 1 N–H and O–H groups in total.